The summed E-state index contributed by atoms with van der Waals surface area (Å²) in [5.41, 5.74) is 5.26. The molecule has 1 heterocycles. The number of nitrogens with zero attached hydrogens (tertiary/aromatic N) is 2. The number of rotatable bonds is 5. The van der Waals surface area contributed by atoms with Crippen molar-refractivity contribution in [2.45, 2.75) is 6.54 Å². The van der Waals surface area contributed by atoms with Crippen molar-refractivity contribution in [2.75, 3.05) is 12.5 Å². The summed E-state index contributed by atoms with van der Waals surface area (Å²) in [6.07, 6.45) is 0. The Morgan fingerprint density at radius 1 is 1.25 bits per heavy atom. The van der Waals surface area contributed by atoms with Crippen molar-refractivity contribution in [3.63, 3.8) is 0 Å². The van der Waals surface area contributed by atoms with Crippen LogP contribution in [0, 0.1) is 4.77 Å². The van der Waals surface area contributed by atoms with Crippen molar-refractivity contribution in [2.24, 2.45) is 0 Å². The molecule has 0 atom stereocenters. The molecular formula is C16H14Br2N4OS. The fourth-order valence-electron chi connectivity index (χ4n) is 2.36. The first-order valence-corrected chi connectivity index (χ1v) is 9.08. The van der Waals surface area contributed by atoms with Crippen LogP contribution in [-0.2, 0) is 6.54 Å². The van der Waals surface area contributed by atoms with Crippen LogP contribution in [-0.4, -0.2) is 22.0 Å². The number of aromatic nitrogens is 3. The van der Waals surface area contributed by atoms with Crippen LogP contribution in [0.2, 0.25) is 0 Å². The largest absolute Gasteiger partial charge is 0.495 e. The molecule has 0 fully saturated rings. The van der Waals surface area contributed by atoms with Crippen LogP contribution < -0.4 is 10.2 Å². The first-order valence-electron chi connectivity index (χ1n) is 7.08. The predicted molar refractivity (Wildman–Crippen MR) is 104 cm³/mol. The molecule has 0 amide bonds. The highest BCUT2D eigenvalue weighted by molar-refractivity contribution is 9.11. The second-order valence-corrected chi connectivity index (χ2v) is 7.13. The van der Waals surface area contributed by atoms with E-state index in [0.717, 1.165) is 31.6 Å². The van der Waals surface area contributed by atoms with Crippen LogP contribution in [0.3, 0.4) is 0 Å². The molecule has 2 aromatic carbocycles. The van der Waals surface area contributed by atoms with Crippen molar-refractivity contribution >= 4 is 44.1 Å². The number of H-pyrrole nitrogens is 1. The fraction of sp³-hybridized carbons (Fsp3) is 0.125. The molecular weight excluding hydrogens is 456 g/mol. The monoisotopic (exact) mass is 468 g/mol. The van der Waals surface area contributed by atoms with Gasteiger partial charge in [0.15, 0.2) is 5.82 Å². The van der Waals surface area contributed by atoms with Gasteiger partial charge in [-0.3, -0.25) is 0 Å². The Morgan fingerprint density at radius 2 is 2.00 bits per heavy atom. The Kier molecular flexibility index (Phi) is 5.37. The van der Waals surface area contributed by atoms with E-state index in [-0.39, 0.29) is 0 Å². The van der Waals surface area contributed by atoms with Gasteiger partial charge in [-0.05, 0) is 40.3 Å². The van der Waals surface area contributed by atoms with Crippen molar-refractivity contribution in [1.29, 1.82) is 0 Å². The van der Waals surface area contributed by atoms with E-state index in [1.54, 1.807) is 11.8 Å². The normalized spacial score (nSPS) is 10.6. The zero-order valence-electron chi connectivity index (χ0n) is 12.7. The average molecular weight is 470 g/mol. The van der Waals surface area contributed by atoms with E-state index < -0.39 is 0 Å². The van der Waals surface area contributed by atoms with Gasteiger partial charge in [0.2, 0.25) is 4.77 Å². The molecule has 0 aliphatic carbocycles. The standard InChI is InChI=1S/C16H14Br2N4OS/c1-23-14-11(7-12(17)8-13(14)18)9-19-22-15(20-21-16(22)24)10-5-3-2-4-6-10/h2-8,19H,9H2,1H3,(H,21,24). The summed E-state index contributed by atoms with van der Waals surface area (Å²) in [5, 5.41) is 7.14. The first kappa shape index (κ1) is 17.2. The van der Waals surface area contributed by atoms with Crippen molar-refractivity contribution in [1.82, 2.24) is 14.9 Å². The molecule has 0 bridgehead atoms. The molecule has 0 aliphatic heterocycles. The van der Waals surface area contributed by atoms with Gasteiger partial charge in [0, 0.05) is 15.6 Å². The van der Waals surface area contributed by atoms with E-state index in [9.17, 15) is 0 Å². The molecule has 0 saturated heterocycles. The molecule has 0 unspecified atom stereocenters. The van der Waals surface area contributed by atoms with Gasteiger partial charge in [0.05, 0.1) is 18.1 Å². The lowest BCUT2D eigenvalue weighted by molar-refractivity contribution is 0.407. The van der Waals surface area contributed by atoms with Crippen molar-refractivity contribution in [3.05, 3.63) is 61.7 Å². The van der Waals surface area contributed by atoms with Crippen LogP contribution in [0.25, 0.3) is 11.4 Å². The van der Waals surface area contributed by atoms with E-state index in [4.69, 9.17) is 17.0 Å². The number of hydrogen-bond donors (Lipinski definition) is 2. The summed E-state index contributed by atoms with van der Waals surface area (Å²) in [6, 6.07) is 13.8. The van der Waals surface area contributed by atoms with E-state index in [0.29, 0.717) is 11.3 Å². The summed E-state index contributed by atoms with van der Waals surface area (Å²) in [5.74, 6) is 1.51. The van der Waals surface area contributed by atoms with Gasteiger partial charge in [0.25, 0.3) is 0 Å². The van der Waals surface area contributed by atoms with Gasteiger partial charge >= 0.3 is 0 Å². The second kappa shape index (κ2) is 7.50. The Balaban J connectivity index is 1.92. The van der Waals surface area contributed by atoms with Crippen LogP contribution in [0.15, 0.2) is 51.4 Å². The highest BCUT2D eigenvalue weighted by Crippen LogP contribution is 2.32. The summed E-state index contributed by atoms with van der Waals surface area (Å²) < 4.78 is 9.59. The number of ether oxygens (including phenoxy) is 1. The van der Waals surface area contributed by atoms with Gasteiger partial charge in [-0.15, -0.1) is 0 Å². The van der Waals surface area contributed by atoms with Crippen LogP contribution in [0.4, 0.5) is 0 Å². The minimum absolute atomic E-state index is 0.502. The number of hydrogen-bond acceptors (Lipinski definition) is 4. The molecule has 3 rings (SSSR count). The number of methoxy groups -OCH3 is 1. The zero-order valence-corrected chi connectivity index (χ0v) is 16.7. The highest BCUT2D eigenvalue weighted by atomic mass is 79.9. The van der Waals surface area contributed by atoms with Gasteiger partial charge < -0.3 is 10.2 Å². The lowest BCUT2D eigenvalue weighted by Gasteiger charge is -2.14. The minimum atomic E-state index is 0.502. The number of aromatic amines is 1. The predicted octanol–water partition coefficient (Wildman–Crippen LogP) is 4.88. The van der Waals surface area contributed by atoms with Crippen LogP contribution >= 0.6 is 44.1 Å². The molecule has 0 aliphatic rings. The zero-order chi connectivity index (χ0) is 17.1. The molecule has 0 spiro atoms. The third-order valence-corrected chi connectivity index (χ3v) is 4.74. The fourth-order valence-corrected chi connectivity index (χ4v) is 4.03. The number of benzene rings is 2. The number of halogens is 2. The molecule has 8 heteroatoms. The smallest absolute Gasteiger partial charge is 0.214 e. The quantitative estimate of drug-likeness (QED) is 0.522. The van der Waals surface area contributed by atoms with Crippen molar-refractivity contribution in [3.8, 4) is 17.1 Å². The topological polar surface area (TPSA) is 54.9 Å². The summed E-state index contributed by atoms with van der Waals surface area (Å²) >= 11 is 12.3. The Hall–Kier alpha value is -1.64. The lowest BCUT2D eigenvalue weighted by atomic mass is 10.2. The molecule has 3 aromatic rings. The molecule has 124 valence electrons. The van der Waals surface area contributed by atoms with Crippen LogP contribution in [0.5, 0.6) is 5.75 Å². The maximum atomic E-state index is 5.48. The van der Waals surface area contributed by atoms with E-state index in [1.807, 2.05) is 42.5 Å². The van der Waals surface area contributed by atoms with Gasteiger partial charge in [0.1, 0.15) is 5.75 Å². The van der Waals surface area contributed by atoms with E-state index in [2.05, 4.69) is 47.5 Å². The SMILES string of the molecule is COc1c(Br)cc(Br)cc1CNn1c(-c2ccccc2)n[nH]c1=S. The van der Waals surface area contributed by atoms with E-state index in [1.165, 1.54) is 0 Å². The molecule has 24 heavy (non-hydrogen) atoms. The number of nitrogens with one attached hydrogen (secondary N) is 2. The van der Waals surface area contributed by atoms with E-state index >= 15 is 0 Å². The molecule has 1 aromatic heterocycles. The molecule has 5 nitrogen and oxygen atoms in total. The molecule has 0 radical (unpaired) electrons. The van der Waals surface area contributed by atoms with Gasteiger partial charge in [-0.25, -0.2) is 9.77 Å². The second-order valence-electron chi connectivity index (χ2n) is 4.97. The highest BCUT2D eigenvalue weighted by Gasteiger charge is 2.12. The Morgan fingerprint density at radius 3 is 2.71 bits per heavy atom. The van der Waals surface area contributed by atoms with Gasteiger partial charge in [-0.1, -0.05) is 46.3 Å². The lowest BCUT2D eigenvalue weighted by Crippen LogP contribution is -2.16. The Labute approximate surface area is 161 Å². The van der Waals surface area contributed by atoms with Crippen LogP contribution in [0.1, 0.15) is 5.56 Å². The van der Waals surface area contributed by atoms with Crippen molar-refractivity contribution < 1.29 is 4.74 Å². The summed E-state index contributed by atoms with van der Waals surface area (Å²) in [4.78, 5) is 0. The Bertz CT molecular complexity index is 908. The third-order valence-electron chi connectivity index (χ3n) is 3.42. The third kappa shape index (κ3) is 3.55. The summed E-state index contributed by atoms with van der Waals surface area (Å²) in [7, 11) is 1.65. The minimum Gasteiger partial charge on any atom is -0.495 e. The molecule has 2 N–H and O–H groups in total. The van der Waals surface area contributed by atoms with Gasteiger partial charge in [-0.2, -0.15) is 5.10 Å². The maximum absolute atomic E-state index is 5.48. The first-order chi connectivity index (χ1) is 11.6. The maximum Gasteiger partial charge on any atom is 0.214 e. The molecule has 0 saturated carbocycles. The summed E-state index contributed by atoms with van der Waals surface area (Å²) in [6.45, 7) is 0.523. The average Bonchev–Trinajstić information content (AvgIpc) is 2.94.